The molecule has 0 N–H and O–H groups in total. The highest BCUT2D eigenvalue weighted by molar-refractivity contribution is 6.10. The molecule has 0 heterocycles. The van der Waals surface area contributed by atoms with E-state index in [1.54, 1.807) is 88.4 Å². The first-order valence-corrected chi connectivity index (χ1v) is 17.9. The van der Waals surface area contributed by atoms with Gasteiger partial charge < -0.3 is 9.47 Å². The zero-order valence-corrected chi connectivity index (χ0v) is 30.9. The lowest BCUT2D eigenvalue weighted by atomic mass is 9.94. The third-order valence-corrected chi connectivity index (χ3v) is 9.38. The summed E-state index contributed by atoms with van der Waals surface area (Å²) in [5.41, 5.74) is 4.95. The molecular formula is C48H42O6. The SMILES string of the molecule is CC(C)(CCOC(C)(C)C(=O)c1ccc(C(=O)c2ccc(-c3ccccc3)cc2)cc1)OC(=O)c1ccc(C(=O)c2ccc(-c3ccccc3)cc2)cc1. The zero-order valence-electron chi connectivity index (χ0n) is 30.9. The molecule has 0 bridgehead atoms. The maximum Gasteiger partial charge on any atom is 0.338 e. The first-order valence-electron chi connectivity index (χ1n) is 17.9. The molecule has 6 rings (SSSR count). The van der Waals surface area contributed by atoms with Crippen molar-refractivity contribution in [3.05, 3.63) is 191 Å². The minimum Gasteiger partial charge on any atom is -0.456 e. The van der Waals surface area contributed by atoms with Crippen LogP contribution in [0.4, 0.5) is 0 Å². The monoisotopic (exact) mass is 714 g/mol. The van der Waals surface area contributed by atoms with Crippen LogP contribution in [-0.2, 0) is 9.47 Å². The highest BCUT2D eigenvalue weighted by atomic mass is 16.6. The molecule has 0 radical (unpaired) electrons. The van der Waals surface area contributed by atoms with Crippen molar-refractivity contribution >= 4 is 23.3 Å². The second-order valence-corrected chi connectivity index (χ2v) is 14.3. The summed E-state index contributed by atoms with van der Waals surface area (Å²) in [6.07, 6.45) is 0.335. The molecule has 0 saturated heterocycles. The number of carbonyl (C=O) groups excluding carboxylic acids is 4. The van der Waals surface area contributed by atoms with Crippen LogP contribution in [-0.4, -0.2) is 41.1 Å². The Morgan fingerprint density at radius 1 is 0.426 bits per heavy atom. The normalized spacial score (nSPS) is 11.5. The molecule has 0 aliphatic carbocycles. The molecule has 0 unspecified atom stereocenters. The Hall–Kier alpha value is -6.24. The molecule has 0 aliphatic heterocycles. The van der Waals surface area contributed by atoms with E-state index in [9.17, 15) is 19.2 Å². The van der Waals surface area contributed by atoms with E-state index in [2.05, 4.69) is 0 Å². The third kappa shape index (κ3) is 9.03. The Morgan fingerprint density at radius 2 is 0.759 bits per heavy atom. The summed E-state index contributed by atoms with van der Waals surface area (Å²) in [4.78, 5) is 52.8. The van der Waals surface area contributed by atoms with Crippen LogP contribution >= 0.6 is 0 Å². The van der Waals surface area contributed by atoms with Crippen LogP contribution in [0.15, 0.2) is 158 Å². The van der Waals surface area contributed by atoms with E-state index in [0.29, 0.717) is 39.8 Å². The fourth-order valence-electron chi connectivity index (χ4n) is 6.08. The summed E-state index contributed by atoms with van der Waals surface area (Å²) in [6, 6.07) is 47.9. The van der Waals surface area contributed by atoms with Crippen molar-refractivity contribution in [1.29, 1.82) is 0 Å². The number of rotatable bonds is 14. The average Bonchev–Trinajstić information content (AvgIpc) is 3.20. The molecule has 0 saturated carbocycles. The first kappa shape index (κ1) is 37.5. The topological polar surface area (TPSA) is 86.7 Å². The molecule has 0 spiro atoms. The summed E-state index contributed by atoms with van der Waals surface area (Å²) >= 11 is 0. The van der Waals surface area contributed by atoms with Gasteiger partial charge in [-0.25, -0.2) is 4.79 Å². The molecule has 6 aromatic carbocycles. The van der Waals surface area contributed by atoms with Gasteiger partial charge in [0.15, 0.2) is 17.3 Å². The van der Waals surface area contributed by atoms with Gasteiger partial charge in [-0.05, 0) is 62.1 Å². The van der Waals surface area contributed by atoms with Gasteiger partial charge in [-0.3, -0.25) is 14.4 Å². The third-order valence-electron chi connectivity index (χ3n) is 9.38. The largest absolute Gasteiger partial charge is 0.456 e. The van der Waals surface area contributed by atoms with Crippen molar-refractivity contribution < 1.29 is 28.7 Å². The molecule has 6 nitrogen and oxygen atoms in total. The molecule has 0 aromatic heterocycles. The molecule has 6 aromatic rings. The number of ether oxygens (including phenoxy) is 2. The van der Waals surface area contributed by atoms with Gasteiger partial charge in [0.2, 0.25) is 0 Å². The maximum absolute atomic E-state index is 13.4. The number of ketones is 3. The second kappa shape index (κ2) is 16.2. The Bertz CT molecular complexity index is 2230. The lowest BCUT2D eigenvalue weighted by molar-refractivity contribution is -0.0438. The van der Waals surface area contributed by atoms with Crippen LogP contribution in [0.1, 0.15) is 86.7 Å². The van der Waals surface area contributed by atoms with Crippen molar-refractivity contribution in [3.63, 3.8) is 0 Å². The Balaban J connectivity index is 0.987. The average molecular weight is 715 g/mol. The summed E-state index contributed by atoms with van der Waals surface area (Å²) in [6.45, 7) is 7.12. The number of hydrogen-bond donors (Lipinski definition) is 0. The quantitative estimate of drug-likeness (QED) is 0.0825. The lowest BCUT2D eigenvalue weighted by Crippen LogP contribution is -2.37. The Kier molecular flexibility index (Phi) is 11.2. The molecular weight excluding hydrogens is 673 g/mol. The van der Waals surface area contributed by atoms with Gasteiger partial charge >= 0.3 is 5.97 Å². The highest BCUT2D eigenvalue weighted by Crippen LogP contribution is 2.25. The fraction of sp³-hybridized carbons (Fsp3) is 0.167. The molecule has 0 fully saturated rings. The van der Waals surface area contributed by atoms with Gasteiger partial charge in [-0.1, -0.05) is 146 Å². The standard InChI is InChI=1S/C48H42O6/c1-47(2,54-46(52)42-29-25-40(26-30-42)44(50)38-21-17-36(18-22-38)34-13-9-6-10-14-34)31-32-53-48(3,4)45(51)41-27-23-39(24-28-41)43(49)37-19-15-35(16-20-37)33-11-7-5-8-12-33/h5-30H,31-32H2,1-4H3. The first-order chi connectivity index (χ1) is 25.9. The van der Waals surface area contributed by atoms with E-state index in [1.165, 1.54) is 0 Å². The lowest BCUT2D eigenvalue weighted by Gasteiger charge is -2.29. The van der Waals surface area contributed by atoms with Crippen LogP contribution in [0.5, 0.6) is 0 Å². The molecule has 0 atom stereocenters. The molecule has 0 aliphatic rings. The number of carbonyl (C=O) groups is 4. The Labute approximate surface area is 316 Å². The van der Waals surface area contributed by atoms with Gasteiger partial charge in [0.05, 0.1) is 12.2 Å². The minimum absolute atomic E-state index is 0.129. The number of esters is 1. The second-order valence-electron chi connectivity index (χ2n) is 14.3. The Morgan fingerprint density at radius 3 is 1.17 bits per heavy atom. The van der Waals surface area contributed by atoms with Crippen molar-refractivity contribution in [2.75, 3.05) is 6.61 Å². The van der Waals surface area contributed by atoms with Gasteiger partial charge in [0.25, 0.3) is 0 Å². The van der Waals surface area contributed by atoms with Crippen LogP contribution in [0.2, 0.25) is 0 Å². The van der Waals surface area contributed by atoms with Crippen LogP contribution in [0.25, 0.3) is 22.3 Å². The summed E-state index contributed by atoms with van der Waals surface area (Å²) in [7, 11) is 0. The predicted molar refractivity (Wildman–Crippen MR) is 212 cm³/mol. The molecule has 0 amide bonds. The summed E-state index contributed by atoms with van der Waals surface area (Å²) in [5, 5.41) is 0. The van der Waals surface area contributed by atoms with Crippen molar-refractivity contribution in [1.82, 2.24) is 0 Å². The van der Waals surface area contributed by atoms with Gasteiger partial charge in [-0.2, -0.15) is 0 Å². The predicted octanol–water partition coefficient (Wildman–Crippen LogP) is 10.5. The fourth-order valence-corrected chi connectivity index (χ4v) is 6.08. The van der Waals surface area contributed by atoms with E-state index in [4.69, 9.17) is 9.47 Å². The summed E-state index contributed by atoms with van der Waals surface area (Å²) < 4.78 is 11.8. The molecule has 270 valence electrons. The number of benzene rings is 6. The van der Waals surface area contributed by atoms with Crippen LogP contribution in [0.3, 0.4) is 0 Å². The van der Waals surface area contributed by atoms with Gasteiger partial charge in [0, 0.05) is 34.2 Å². The van der Waals surface area contributed by atoms with Crippen molar-refractivity contribution in [3.8, 4) is 22.3 Å². The van der Waals surface area contributed by atoms with E-state index in [0.717, 1.165) is 22.3 Å². The van der Waals surface area contributed by atoms with Gasteiger partial charge in [0.1, 0.15) is 11.2 Å². The number of Topliss-reactive ketones (excluding diaryl/α,β-unsaturated/α-hetero) is 1. The summed E-state index contributed by atoms with van der Waals surface area (Å²) in [5.74, 6) is -1.03. The molecule has 6 heteroatoms. The van der Waals surface area contributed by atoms with Gasteiger partial charge in [-0.15, -0.1) is 0 Å². The van der Waals surface area contributed by atoms with E-state index in [-0.39, 0.29) is 24.0 Å². The van der Waals surface area contributed by atoms with Crippen molar-refractivity contribution in [2.24, 2.45) is 0 Å². The smallest absolute Gasteiger partial charge is 0.338 e. The van der Waals surface area contributed by atoms with E-state index in [1.807, 2.05) is 97.1 Å². The minimum atomic E-state index is -1.16. The highest BCUT2D eigenvalue weighted by Gasteiger charge is 2.32. The zero-order chi connectivity index (χ0) is 38.3. The van der Waals surface area contributed by atoms with Crippen LogP contribution in [0, 0.1) is 0 Å². The van der Waals surface area contributed by atoms with Crippen molar-refractivity contribution in [2.45, 2.75) is 45.3 Å². The van der Waals surface area contributed by atoms with Crippen LogP contribution < -0.4 is 0 Å². The van der Waals surface area contributed by atoms with E-state index < -0.39 is 17.2 Å². The molecule has 54 heavy (non-hydrogen) atoms. The maximum atomic E-state index is 13.4. The number of hydrogen-bond acceptors (Lipinski definition) is 6. The van der Waals surface area contributed by atoms with E-state index >= 15 is 0 Å².